The first kappa shape index (κ1) is 17.5. The van der Waals surface area contributed by atoms with Crippen molar-refractivity contribution >= 4 is 17.4 Å². The second-order valence-corrected chi connectivity index (χ2v) is 6.61. The highest BCUT2D eigenvalue weighted by Gasteiger charge is 2.48. The number of furan rings is 1. The highest BCUT2D eigenvalue weighted by molar-refractivity contribution is 6.46. The van der Waals surface area contributed by atoms with Crippen LogP contribution in [-0.4, -0.2) is 41.0 Å². The summed E-state index contributed by atoms with van der Waals surface area (Å²) in [5.74, 6) is -1.96. The van der Waals surface area contributed by atoms with E-state index in [4.69, 9.17) is 9.15 Å². The molecule has 6 nitrogen and oxygen atoms in total. The van der Waals surface area contributed by atoms with Gasteiger partial charge in [0.25, 0.3) is 11.7 Å². The molecule has 1 aromatic carbocycles. The summed E-state index contributed by atoms with van der Waals surface area (Å²) in [4.78, 5) is 26.8. The molecule has 2 saturated heterocycles. The topological polar surface area (TPSA) is 80.0 Å². The van der Waals surface area contributed by atoms with Gasteiger partial charge < -0.3 is 19.2 Å². The maximum Gasteiger partial charge on any atom is 0.295 e. The smallest absolute Gasteiger partial charge is 0.295 e. The Labute approximate surface area is 154 Å². The molecule has 2 atom stereocenters. The minimum atomic E-state index is -0.853. The number of ketones is 1. The zero-order valence-corrected chi connectivity index (χ0v) is 14.4. The molecule has 27 heavy (non-hydrogen) atoms. The molecule has 0 aliphatic carbocycles. The molecule has 1 amide bonds. The summed E-state index contributed by atoms with van der Waals surface area (Å²) in [6, 6.07) is 7.53. The molecule has 0 spiro atoms. The quantitative estimate of drug-likeness (QED) is 0.508. The summed E-state index contributed by atoms with van der Waals surface area (Å²) in [6.45, 7) is 0.853. The summed E-state index contributed by atoms with van der Waals surface area (Å²) >= 11 is 0. The molecule has 2 aliphatic rings. The minimum absolute atomic E-state index is 0.0699. The molecule has 2 fully saturated rings. The number of likely N-dealkylation sites (tertiary alicyclic amines) is 1. The number of hydrogen-bond donors (Lipinski definition) is 1. The van der Waals surface area contributed by atoms with Crippen molar-refractivity contribution in [3.8, 4) is 0 Å². The van der Waals surface area contributed by atoms with Crippen LogP contribution >= 0.6 is 0 Å². The maximum atomic E-state index is 13.2. The lowest BCUT2D eigenvalue weighted by Crippen LogP contribution is -2.36. The lowest BCUT2D eigenvalue weighted by Gasteiger charge is -2.25. The monoisotopic (exact) mass is 371 g/mol. The molecule has 1 N–H and O–H groups in total. The van der Waals surface area contributed by atoms with E-state index in [-0.39, 0.29) is 29.5 Å². The van der Waals surface area contributed by atoms with Gasteiger partial charge in [-0.05, 0) is 49.2 Å². The van der Waals surface area contributed by atoms with Crippen LogP contribution in [0.4, 0.5) is 4.39 Å². The molecular formula is C20H18FNO5. The van der Waals surface area contributed by atoms with Crippen molar-refractivity contribution in [2.24, 2.45) is 0 Å². The van der Waals surface area contributed by atoms with Crippen molar-refractivity contribution in [1.82, 2.24) is 4.90 Å². The summed E-state index contributed by atoms with van der Waals surface area (Å²) in [5, 5.41) is 10.7. The molecule has 0 bridgehead atoms. The number of rotatable bonds is 4. The third kappa shape index (κ3) is 3.14. The lowest BCUT2D eigenvalue weighted by molar-refractivity contribution is -0.141. The van der Waals surface area contributed by atoms with Crippen molar-refractivity contribution in [2.45, 2.75) is 25.0 Å². The van der Waals surface area contributed by atoms with E-state index in [1.165, 1.54) is 35.4 Å². The van der Waals surface area contributed by atoms with Crippen molar-refractivity contribution in [3.05, 3.63) is 65.4 Å². The van der Waals surface area contributed by atoms with E-state index >= 15 is 0 Å². The Morgan fingerprint density at radius 2 is 2.00 bits per heavy atom. The van der Waals surface area contributed by atoms with Crippen molar-refractivity contribution in [1.29, 1.82) is 0 Å². The zero-order chi connectivity index (χ0) is 19.0. The Kier molecular flexibility index (Phi) is 4.53. The fourth-order valence-electron chi connectivity index (χ4n) is 3.58. The van der Waals surface area contributed by atoms with Gasteiger partial charge in [-0.15, -0.1) is 0 Å². The average Bonchev–Trinajstić information content (AvgIpc) is 3.40. The molecule has 4 rings (SSSR count). The number of benzene rings is 1. The van der Waals surface area contributed by atoms with Crippen LogP contribution < -0.4 is 0 Å². The fraction of sp³-hybridized carbons (Fsp3) is 0.300. The predicted molar refractivity (Wildman–Crippen MR) is 93.1 cm³/mol. The Balaban J connectivity index is 1.78. The second-order valence-electron chi connectivity index (χ2n) is 6.61. The number of halogens is 1. The molecule has 0 saturated carbocycles. The number of hydrogen-bond acceptors (Lipinski definition) is 5. The number of nitrogens with zero attached hydrogens (tertiary/aromatic N) is 1. The Morgan fingerprint density at radius 3 is 2.63 bits per heavy atom. The maximum absolute atomic E-state index is 13.2. The van der Waals surface area contributed by atoms with E-state index in [9.17, 15) is 19.1 Å². The van der Waals surface area contributed by atoms with E-state index < -0.39 is 23.5 Å². The first-order chi connectivity index (χ1) is 13.1. The largest absolute Gasteiger partial charge is 0.507 e. The first-order valence-electron chi connectivity index (χ1n) is 8.75. The SMILES string of the molecule is O=C1C(=O)N(C[C@H]2CCCO2)[C@@H](c2ccco2)C1=C(O)c1ccc(F)cc1. The standard InChI is InChI=1S/C20H18FNO5/c21-13-7-5-12(6-8-13)18(23)16-17(15-4-2-10-27-15)22(20(25)19(16)24)11-14-3-1-9-26-14/h2,4-8,10,14,17,23H,1,3,9,11H2/t14-,17+/m1/s1. The molecule has 2 aromatic rings. The Bertz CT molecular complexity index is 882. The van der Waals surface area contributed by atoms with Gasteiger partial charge in [0, 0.05) is 18.7 Å². The minimum Gasteiger partial charge on any atom is -0.507 e. The molecule has 7 heteroatoms. The molecule has 2 aliphatic heterocycles. The van der Waals surface area contributed by atoms with Crippen LogP contribution in [0.1, 0.15) is 30.2 Å². The van der Waals surface area contributed by atoms with Crippen LogP contribution in [0.15, 0.2) is 52.7 Å². The third-order valence-electron chi connectivity index (χ3n) is 4.89. The van der Waals surface area contributed by atoms with Crippen LogP contribution in [0.2, 0.25) is 0 Å². The van der Waals surface area contributed by atoms with Gasteiger partial charge >= 0.3 is 0 Å². The predicted octanol–water partition coefficient (Wildman–Crippen LogP) is 3.02. The number of amides is 1. The summed E-state index contributed by atoms with van der Waals surface area (Å²) in [5.41, 5.74) is 0.183. The van der Waals surface area contributed by atoms with E-state index in [0.29, 0.717) is 12.4 Å². The lowest BCUT2D eigenvalue weighted by atomic mass is 9.99. The number of aliphatic hydroxyl groups is 1. The van der Waals surface area contributed by atoms with Gasteiger partial charge in [-0.2, -0.15) is 0 Å². The highest BCUT2D eigenvalue weighted by Crippen LogP contribution is 2.40. The molecule has 140 valence electrons. The van der Waals surface area contributed by atoms with Crippen molar-refractivity contribution in [3.63, 3.8) is 0 Å². The number of Topliss-reactive ketones (excluding diaryl/α,β-unsaturated/α-hetero) is 1. The van der Waals surface area contributed by atoms with E-state index in [1.807, 2.05) is 0 Å². The van der Waals surface area contributed by atoms with Crippen LogP contribution in [-0.2, 0) is 14.3 Å². The Hall–Kier alpha value is -2.93. The van der Waals surface area contributed by atoms with Crippen LogP contribution in [0.5, 0.6) is 0 Å². The van der Waals surface area contributed by atoms with Gasteiger partial charge in [0.05, 0.1) is 17.9 Å². The fourth-order valence-corrected chi connectivity index (χ4v) is 3.58. The Morgan fingerprint density at radius 1 is 1.22 bits per heavy atom. The summed E-state index contributed by atoms with van der Waals surface area (Å²) < 4.78 is 24.3. The van der Waals surface area contributed by atoms with Gasteiger partial charge in [-0.1, -0.05) is 0 Å². The van der Waals surface area contributed by atoms with Crippen LogP contribution in [0.25, 0.3) is 5.76 Å². The van der Waals surface area contributed by atoms with Gasteiger partial charge in [0.15, 0.2) is 0 Å². The van der Waals surface area contributed by atoms with E-state index in [2.05, 4.69) is 0 Å². The number of carbonyl (C=O) groups excluding carboxylic acids is 2. The molecular weight excluding hydrogens is 353 g/mol. The molecule has 0 unspecified atom stereocenters. The van der Waals surface area contributed by atoms with Gasteiger partial charge in [-0.25, -0.2) is 4.39 Å². The third-order valence-corrected chi connectivity index (χ3v) is 4.89. The average molecular weight is 371 g/mol. The van der Waals surface area contributed by atoms with E-state index in [1.54, 1.807) is 12.1 Å². The van der Waals surface area contributed by atoms with Crippen molar-refractivity contribution in [2.75, 3.05) is 13.2 Å². The van der Waals surface area contributed by atoms with Gasteiger partial charge in [0.1, 0.15) is 23.4 Å². The molecule has 3 heterocycles. The summed E-state index contributed by atoms with van der Waals surface area (Å²) in [6.07, 6.45) is 2.98. The number of carbonyl (C=O) groups is 2. The van der Waals surface area contributed by atoms with Gasteiger partial charge in [0.2, 0.25) is 0 Å². The zero-order valence-electron chi connectivity index (χ0n) is 14.4. The van der Waals surface area contributed by atoms with Crippen molar-refractivity contribution < 1.29 is 28.2 Å². The van der Waals surface area contributed by atoms with Gasteiger partial charge in [-0.3, -0.25) is 9.59 Å². The second kappa shape index (κ2) is 7.00. The number of aliphatic hydroxyl groups excluding tert-OH is 1. The number of ether oxygens (including phenoxy) is 1. The molecule has 1 aromatic heterocycles. The molecule has 0 radical (unpaired) electrons. The van der Waals surface area contributed by atoms with E-state index in [0.717, 1.165) is 12.8 Å². The highest BCUT2D eigenvalue weighted by atomic mass is 19.1. The summed E-state index contributed by atoms with van der Waals surface area (Å²) in [7, 11) is 0. The first-order valence-corrected chi connectivity index (χ1v) is 8.75. The van der Waals surface area contributed by atoms with Crippen LogP contribution in [0, 0.1) is 5.82 Å². The van der Waals surface area contributed by atoms with Crippen LogP contribution in [0.3, 0.4) is 0 Å². The normalized spacial score (nSPS) is 24.7.